The molecule has 0 saturated heterocycles. The number of aromatic nitrogens is 3. The maximum atomic E-state index is 12.7. The molecule has 2 aromatic rings. The van der Waals surface area contributed by atoms with Crippen molar-refractivity contribution in [2.24, 2.45) is 11.7 Å². The lowest BCUT2D eigenvalue weighted by atomic mass is 9.89. The normalized spacial score (nSPS) is 19.5. The number of ether oxygens (including phenoxy) is 2. The maximum absolute atomic E-state index is 12.7. The molecule has 12 nitrogen and oxygen atoms in total. The fraction of sp³-hybridized carbons (Fsp3) is 0.655. The smallest absolute Gasteiger partial charge is 0.251 e. The molecule has 0 radical (unpaired) electrons. The van der Waals surface area contributed by atoms with Gasteiger partial charge in [0.1, 0.15) is 0 Å². The van der Waals surface area contributed by atoms with Crippen molar-refractivity contribution in [1.29, 1.82) is 0 Å². The highest BCUT2D eigenvalue weighted by Crippen LogP contribution is 2.25. The van der Waals surface area contributed by atoms with Crippen molar-refractivity contribution in [3.63, 3.8) is 0 Å². The Labute approximate surface area is 242 Å². The van der Waals surface area contributed by atoms with Crippen LogP contribution in [0.25, 0.3) is 0 Å². The van der Waals surface area contributed by atoms with E-state index >= 15 is 0 Å². The van der Waals surface area contributed by atoms with Crippen molar-refractivity contribution in [2.75, 3.05) is 62.0 Å². The predicted molar refractivity (Wildman–Crippen MR) is 160 cm³/mol. The van der Waals surface area contributed by atoms with E-state index in [1.54, 1.807) is 12.1 Å². The largest absolute Gasteiger partial charge is 0.393 e. The molecule has 0 spiro atoms. The van der Waals surface area contributed by atoms with Crippen molar-refractivity contribution in [3.05, 3.63) is 29.8 Å². The number of nitrogens with two attached hydrogens (primary N) is 1. The third kappa shape index (κ3) is 11.0. The Hall–Kier alpha value is -3.06. The van der Waals surface area contributed by atoms with Gasteiger partial charge < -0.3 is 41.6 Å². The highest BCUT2D eigenvalue weighted by Gasteiger charge is 2.21. The minimum atomic E-state index is -0.227. The Morgan fingerprint density at radius 1 is 0.902 bits per heavy atom. The molecule has 0 atom stereocenters. The van der Waals surface area contributed by atoms with E-state index in [1.165, 1.54) is 32.1 Å². The molecule has 0 aliphatic heterocycles. The standard InChI is InChI=1S/C29H46N8O4/c30-13-15-40-17-18-41-16-14-31-26(39)22-7-4-8-24(19-22)34-29-36-27(32-20-21-5-2-1-3-6-21)35-28(37-29)33-23-9-11-25(38)12-10-23/h4,7-8,19,21,23,25,38H,1-3,5-6,9-18,20,30H2,(H,31,39)(H3,32,33,34,35,36,37). The van der Waals surface area contributed by atoms with Crippen LogP contribution in [0.3, 0.4) is 0 Å². The highest BCUT2D eigenvalue weighted by atomic mass is 16.5. The molecule has 2 saturated carbocycles. The number of carbonyl (C=O) groups excluding carboxylic acids is 1. The molecule has 2 aliphatic rings. The van der Waals surface area contributed by atoms with E-state index in [9.17, 15) is 9.90 Å². The highest BCUT2D eigenvalue weighted by molar-refractivity contribution is 5.95. The zero-order valence-electron chi connectivity index (χ0n) is 23.9. The fourth-order valence-electron chi connectivity index (χ4n) is 5.22. The molecule has 2 aliphatic carbocycles. The molecule has 0 unspecified atom stereocenters. The number of aliphatic hydroxyl groups is 1. The average molecular weight is 571 g/mol. The minimum absolute atomic E-state index is 0.191. The first-order valence-electron chi connectivity index (χ1n) is 15.0. The van der Waals surface area contributed by atoms with Gasteiger partial charge in [0.2, 0.25) is 17.8 Å². The average Bonchev–Trinajstić information content (AvgIpc) is 2.99. The van der Waals surface area contributed by atoms with E-state index < -0.39 is 0 Å². The van der Waals surface area contributed by atoms with Gasteiger partial charge in [0.15, 0.2) is 0 Å². The molecule has 0 bridgehead atoms. The molecule has 1 amide bonds. The Kier molecular flexibility index (Phi) is 12.8. The van der Waals surface area contributed by atoms with Gasteiger partial charge in [-0.15, -0.1) is 0 Å². The summed E-state index contributed by atoms with van der Waals surface area (Å²) in [7, 11) is 0. The summed E-state index contributed by atoms with van der Waals surface area (Å²) < 4.78 is 10.7. The molecule has 12 heteroatoms. The second-order valence-electron chi connectivity index (χ2n) is 10.8. The van der Waals surface area contributed by atoms with Crippen LogP contribution in [0.15, 0.2) is 24.3 Å². The van der Waals surface area contributed by atoms with Crippen LogP contribution in [0.2, 0.25) is 0 Å². The SMILES string of the molecule is NCCOCCOCCNC(=O)c1cccc(Nc2nc(NCC3CCCCC3)nc(NC3CCC(O)CC3)n2)c1. The Bertz CT molecular complexity index is 1060. The van der Waals surface area contributed by atoms with Gasteiger partial charge in [-0.1, -0.05) is 25.3 Å². The summed E-state index contributed by atoms with van der Waals surface area (Å²) in [5.74, 6) is 1.85. The first-order valence-corrected chi connectivity index (χ1v) is 15.0. The molecule has 226 valence electrons. The van der Waals surface area contributed by atoms with Crippen molar-refractivity contribution >= 4 is 29.4 Å². The van der Waals surface area contributed by atoms with Crippen LogP contribution in [-0.2, 0) is 9.47 Å². The fourth-order valence-corrected chi connectivity index (χ4v) is 5.22. The summed E-state index contributed by atoms with van der Waals surface area (Å²) in [4.78, 5) is 26.6. The van der Waals surface area contributed by atoms with Gasteiger partial charge in [0, 0.05) is 36.9 Å². The van der Waals surface area contributed by atoms with Crippen LogP contribution in [0.1, 0.15) is 68.1 Å². The van der Waals surface area contributed by atoms with E-state index in [2.05, 4.69) is 36.2 Å². The van der Waals surface area contributed by atoms with Crippen LogP contribution in [0.5, 0.6) is 0 Å². The predicted octanol–water partition coefficient (Wildman–Crippen LogP) is 3.04. The summed E-state index contributed by atoms with van der Waals surface area (Å²) in [5.41, 5.74) is 6.60. The number of rotatable bonds is 16. The number of hydrogen-bond donors (Lipinski definition) is 6. The summed E-state index contributed by atoms with van der Waals surface area (Å²) in [6.45, 7) is 3.55. The minimum Gasteiger partial charge on any atom is -0.393 e. The second-order valence-corrected chi connectivity index (χ2v) is 10.8. The van der Waals surface area contributed by atoms with Crippen LogP contribution >= 0.6 is 0 Å². The van der Waals surface area contributed by atoms with E-state index in [0.29, 0.717) is 74.5 Å². The van der Waals surface area contributed by atoms with Crippen LogP contribution in [0, 0.1) is 5.92 Å². The summed E-state index contributed by atoms with van der Waals surface area (Å²) in [6, 6.07) is 7.42. The molecule has 1 aromatic carbocycles. The van der Waals surface area contributed by atoms with Crippen LogP contribution in [-0.4, -0.2) is 84.2 Å². The zero-order valence-corrected chi connectivity index (χ0v) is 23.9. The van der Waals surface area contributed by atoms with E-state index in [0.717, 1.165) is 32.2 Å². The number of carbonyl (C=O) groups is 1. The van der Waals surface area contributed by atoms with Crippen molar-refractivity contribution in [1.82, 2.24) is 20.3 Å². The first kappa shape index (κ1) is 30.9. The number of nitrogens with one attached hydrogen (secondary N) is 4. The summed E-state index contributed by atoms with van der Waals surface area (Å²) >= 11 is 0. The second kappa shape index (κ2) is 17.0. The van der Waals surface area contributed by atoms with E-state index in [1.807, 2.05) is 12.1 Å². The van der Waals surface area contributed by atoms with Crippen LogP contribution in [0.4, 0.5) is 23.5 Å². The first-order chi connectivity index (χ1) is 20.1. The van der Waals surface area contributed by atoms with Crippen molar-refractivity contribution < 1.29 is 19.4 Å². The number of anilines is 4. The van der Waals surface area contributed by atoms with Crippen molar-refractivity contribution in [2.45, 2.75) is 69.9 Å². The maximum Gasteiger partial charge on any atom is 0.251 e. The van der Waals surface area contributed by atoms with E-state index in [-0.39, 0.29) is 18.1 Å². The monoisotopic (exact) mass is 570 g/mol. The number of benzene rings is 1. The number of nitrogens with zero attached hydrogens (tertiary/aromatic N) is 3. The topological polar surface area (TPSA) is 169 Å². The quantitative estimate of drug-likeness (QED) is 0.164. The number of hydrogen-bond acceptors (Lipinski definition) is 11. The third-order valence-corrected chi connectivity index (χ3v) is 7.49. The zero-order chi connectivity index (χ0) is 28.7. The van der Waals surface area contributed by atoms with Gasteiger partial charge >= 0.3 is 0 Å². The van der Waals surface area contributed by atoms with Gasteiger partial charge in [-0.25, -0.2) is 0 Å². The molecular formula is C29H46N8O4. The lowest BCUT2D eigenvalue weighted by molar-refractivity contribution is 0.0511. The summed E-state index contributed by atoms with van der Waals surface area (Å²) in [5, 5.41) is 22.9. The number of amides is 1. The molecule has 2 fully saturated rings. The van der Waals surface area contributed by atoms with Crippen molar-refractivity contribution in [3.8, 4) is 0 Å². The molecular weight excluding hydrogens is 524 g/mol. The number of aliphatic hydroxyl groups excluding tert-OH is 1. The molecule has 41 heavy (non-hydrogen) atoms. The third-order valence-electron chi connectivity index (χ3n) is 7.49. The summed E-state index contributed by atoms with van der Waals surface area (Å²) in [6.07, 6.45) is 9.36. The Balaban J connectivity index is 1.35. The molecule has 1 aromatic heterocycles. The van der Waals surface area contributed by atoms with Gasteiger partial charge in [0.25, 0.3) is 5.91 Å². The lowest BCUT2D eigenvalue weighted by Gasteiger charge is -2.26. The lowest BCUT2D eigenvalue weighted by Crippen LogP contribution is -2.29. The van der Waals surface area contributed by atoms with Gasteiger partial charge in [-0.05, 0) is 62.6 Å². The van der Waals surface area contributed by atoms with E-state index in [4.69, 9.17) is 15.2 Å². The van der Waals surface area contributed by atoms with Crippen LogP contribution < -0.4 is 27.0 Å². The van der Waals surface area contributed by atoms with Gasteiger partial charge in [-0.2, -0.15) is 15.0 Å². The Morgan fingerprint density at radius 2 is 1.63 bits per heavy atom. The molecule has 1 heterocycles. The van der Waals surface area contributed by atoms with Gasteiger partial charge in [-0.3, -0.25) is 4.79 Å². The Morgan fingerprint density at radius 3 is 2.41 bits per heavy atom. The molecule has 7 N–H and O–H groups in total. The molecule has 4 rings (SSSR count). The van der Waals surface area contributed by atoms with Gasteiger partial charge in [0.05, 0.1) is 32.5 Å².